The molecule has 0 saturated carbocycles. The fourth-order valence-corrected chi connectivity index (χ4v) is 6.11. The predicted octanol–water partition coefficient (Wildman–Crippen LogP) is 4.19. The number of nitrogens with one attached hydrogen (secondary N) is 1. The monoisotopic (exact) mass is 476 g/mol. The van der Waals surface area contributed by atoms with E-state index < -0.39 is 0 Å². The van der Waals surface area contributed by atoms with E-state index >= 15 is 0 Å². The molecule has 0 bridgehead atoms. The van der Waals surface area contributed by atoms with E-state index in [1.807, 2.05) is 64.2 Å². The van der Waals surface area contributed by atoms with E-state index in [-0.39, 0.29) is 36.0 Å². The van der Waals surface area contributed by atoms with E-state index in [0.29, 0.717) is 18.8 Å². The van der Waals surface area contributed by atoms with Crippen LogP contribution < -0.4 is 10.1 Å². The number of piperidine rings is 1. The molecule has 1 spiro atoms. The highest BCUT2D eigenvalue weighted by Crippen LogP contribution is 2.52. The molecule has 2 amide bonds. The van der Waals surface area contributed by atoms with Gasteiger partial charge in [-0.2, -0.15) is 11.3 Å². The second kappa shape index (κ2) is 9.60. The number of hydrogen-bond donors (Lipinski definition) is 1. The molecule has 1 aliphatic heterocycles. The minimum absolute atomic E-state index is 0.0605. The van der Waals surface area contributed by atoms with Crippen LogP contribution in [0.5, 0.6) is 5.75 Å². The number of hydrogen-bond acceptors (Lipinski definition) is 5. The Labute approximate surface area is 203 Å². The number of amides is 2. The number of ether oxygens (including phenoxy) is 2. The molecule has 176 valence electrons. The summed E-state index contributed by atoms with van der Waals surface area (Å²) < 4.78 is 11.7. The molecule has 1 N–H and O–H groups in total. The summed E-state index contributed by atoms with van der Waals surface area (Å²) in [7, 11) is 1.71. The molecule has 6 nitrogen and oxygen atoms in total. The van der Waals surface area contributed by atoms with E-state index in [1.54, 1.807) is 7.11 Å². The van der Waals surface area contributed by atoms with Crippen molar-refractivity contribution in [1.29, 1.82) is 0 Å². The van der Waals surface area contributed by atoms with Gasteiger partial charge < -0.3 is 19.7 Å². The Balaban J connectivity index is 1.33. The fourth-order valence-electron chi connectivity index (χ4n) is 5.48. The largest absolute Gasteiger partial charge is 0.484 e. The van der Waals surface area contributed by atoms with E-state index in [1.165, 1.54) is 16.9 Å². The van der Waals surface area contributed by atoms with Crippen LogP contribution in [0.4, 0.5) is 0 Å². The van der Waals surface area contributed by atoms with Gasteiger partial charge in [-0.15, -0.1) is 0 Å². The van der Waals surface area contributed by atoms with Gasteiger partial charge in [0.15, 0.2) is 6.61 Å². The Kier molecular flexibility index (Phi) is 6.39. The van der Waals surface area contributed by atoms with Gasteiger partial charge in [-0.1, -0.05) is 42.5 Å². The summed E-state index contributed by atoms with van der Waals surface area (Å²) in [5, 5.41) is 7.00. The van der Waals surface area contributed by atoms with Crippen LogP contribution in [0.3, 0.4) is 0 Å². The smallest absolute Gasteiger partial charge is 0.258 e. The van der Waals surface area contributed by atoms with Crippen molar-refractivity contribution in [3.05, 3.63) is 88.1 Å². The number of likely N-dealkylation sites (tertiary alicyclic amines) is 1. The van der Waals surface area contributed by atoms with Crippen LogP contribution in [0, 0.1) is 0 Å². The highest BCUT2D eigenvalue weighted by Gasteiger charge is 2.54. The average molecular weight is 477 g/mol. The number of carbonyl (C=O) groups is 2. The van der Waals surface area contributed by atoms with Gasteiger partial charge in [-0.3, -0.25) is 9.59 Å². The van der Waals surface area contributed by atoms with Gasteiger partial charge in [0.25, 0.3) is 11.8 Å². The molecule has 0 unspecified atom stereocenters. The Morgan fingerprint density at radius 3 is 2.50 bits per heavy atom. The Morgan fingerprint density at radius 2 is 1.79 bits per heavy atom. The van der Waals surface area contributed by atoms with Crippen molar-refractivity contribution < 1.29 is 19.1 Å². The minimum atomic E-state index is -0.271. The van der Waals surface area contributed by atoms with E-state index in [9.17, 15) is 9.59 Å². The number of methoxy groups -OCH3 is 1. The number of thiophene rings is 1. The fraction of sp³-hybridized carbons (Fsp3) is 0.333. The number of fused-ring (bicyclic) bond motifs is 2. The summed E-state index contributed by atoms with van der Waals surface area (Å²) in [6, 6.07) is 19.2. The molecule has 2 atom stereocenters. The SMILES string of the molecule is CO[C@@H]1[C@@H](NC(=O)COc2ccccc2)c2ccccc2C12CCN(C(=O)c1ccsc1)CC2. The summed E-state index contributed by atoms with van der Waals surface area (Å²) in [6.45, 7) is 1.25. The highest BCUT2D eigenvalue weighted by molar-refractivity contribution is 7.08. The van der Waals surface area contributed by atoms with Gasteiger partial charge in [0.05, 0.1) is 17.7 Å². The topological polar surface area (TPSA) is 67.9 Å². The van der Waals surface area contributed by atoms with Crippen LogP contribution in [0.25, 0.3) is 0 Å². The number of benzene rings is 2. The van der Waals surface area contributed by atoms with Crippen molar-refractivity contribution >= 4 is 23.2 Å². The lowest BCUT2D eigenvalue weighted by atomic mass is 9.71. The van der Waals surface area contributed by atoms with Gasteiger partial charge >= 0.3 is 0 Å². The molecular weight excluding hydrogens is 448 g/mol. The third-order valence-electron chi connectivity index (χ3n) is 7.07. The molecule has 1 aliphatic carbocycles. The maximum Gasteiger partial charge on any atom is 0.258 e. The normalized spacial score (nSPS) is 20.7. The molecule has 0 radical (unpaired) electrons. The lowest BCUT2D eigenvalue weighted by molar-refractivity contribution is -0.125. The van der Waals surface area contributed by atoms with E-state index in [0.717, 1.165) is 24.0 Å². The first-order valence-electron chi connectivity index (χ1n) is 11.5. The predicted molar refractivity (Wildman–Crippen MR) is 131 cm³/mol. The molecule has 2 heterocycles. The number of rotatable bonds is 6. The molecule has 34 heavy (non-hydrogen) atoms. The zero-order valence-electron chi connectivity index (χ0n) is 19.1. The Hall–Kier alpha value is -3.16. The zero-order chi connectivity index (χ0) is 23.5. The lowest BCUT2D eigenvalue weighted by Gasteiger charge is -2.44. The summed E-state index contributed by atoms with van der Waals surface area (Å²) in [4.78, 5) is 27.7. The van der Waals surface area contributed by atoms with Gasteiger partial charge in [0, 0.05) is 31.0 Å². The van der Waals surface area contributed by atoms with Crippen LogP contribution in [0.2, 0.25) is 0 Å². The van der Waals surface area contributed by atoms with Crippen LogP contribution >= 0.6 is 11.3 Å². The quantitative estimate of drug-likeness (QED) is 0.579. The molecule has 3 aromatic rings. The molecular formula is C27H28N2O4S. The highest BCUT2D eigenvalue weighted by atomic mass is 32.1. The second-order valence-corrected chi connectivity index (χ2v) is 9.63. The molecule has 5 rings (SSSR count). The third-order valence-corrected chi connectivity index (χ3v) is 7.76. The minimum Gasteiger partial charge on any atom is -0.484 e. The molecule has 2 aliphatic rings. The van der Waals surface area contributed by atoms with Gasteiger partial charge in [-0.05, 0) is 47.5 Å². The summed E-state index contributed by atoms with van der Waals surface area (Å²) in [6.07, 6.45) is 1.35. The van der Waals surface area contributed by atoms with Gasteiger partial charge in [0.1, 0.15) is 5.75 Å². The van der Waals surface area contributed by atoms with Crippen LogP contribution in [-0.2, 0) is 14.9 Å². The van der Waals surface area contributed by atoms with Gasteiger partial charge in [0.2, 0.25) is 0 Å². The first kappa shape index (κ1) is 22.6. The van der Waals surface area contributed by atoms with Crippen LogP contribution in [0.1, 0.15) is 40.4 Å². The van der Waals surface area contributed by atoms with Crippen molar-refractivity contribution in [3.63, 3.8) is 0 Å². The zero-order valence-corrected chi connectivity index (χ0v) is 19.9. The van der Waals surface area contributed by atoms with Crippen LogP contribution in [0.15, 0.2) is 71.4 Å². The van der Waals surface area contributed by atoms with Crippen molar-refractivity contribution in [1.82, 2.24) is 10.2 Å². The van der Waals surface area contributed by atoms with Crippen molar-refractivity contribution in [3.8, 4) is 5.75 Å². The summed E-state index contributed by atoms with van der Waals surface area (Å²) in [5.74, 6) is 0.555. The Morgan fingerprint density at radius 1 is 1.06 bits per heavy atom. The maximum absolute atomic E-state index is 12.9. The molecule has 1 saturated heterocycles. The molecule has 1 aromatic heterocycles. The van der Waals surface area contributed by atoms with Crippen molar-refractivity contribution in [2.45, 2.75) is 30.4 Å². The van der Waals surface area contributed by atoms with Crippen molar-refractivity contribution in [2.24, 2.45) is 0 Å². The second-order valence-electron chi connectivity index (χ2n) is 8.85. The van der Waals surface area contributed by atoms with E-state index in [4.69, 9.17) is 9.47 Å². The average Bonchev–Trinajstić information content (AvgIpc) is 3.50. The molecule has 7 heteroatoms. The Bertz CT molecular complexity index is 1140. The summed E-state index contributed by atoms with van der Waals surface area (Å²) in [5.41, 5.74) is 2.79. The first-order chi connectivity index (χ1) is 16.6. The maximum atomic E-state index is 12.9. The third kappa shape index (κ3) is 4.10. The lowest BCUT2D eigenvalue weighted by Crippen LogP contribution is -2.51. The summed E-state index contributed by atoms with van der Waals surface area (Å²) >= 11 is 1.54. The van der Waals surface area contributed by atoms with Crippen LogP contribution in [-0.4, -0.2) is 49.6 Å². The van der Waals surface area contributed by atoms with Gasteiger partial charge in [-0.25, -0.2) is 0 Å². The van der Waals surface area contributed by atoms with E-state index in [2.05, 4.69) is 17.4 Å². The van der Waals surface area contributed by atoms with Crippen molar-refractivity contribution in [2.75, 3.05) is 26.8 Å². The number of para-hydroxylation sites is 1. The molecule has 1 fully saturated rings. The standard InChI is InChI=1S/C27H28N2O4S/c1-32-25-24(28-23(30)17-33-20-7-3-2-4-8-20)21-9-5-6-10-22(21)27(25)12-14-29(15-13-27)26(31)19-11-16-34-18-19/h2-11,16,18,24-25H,12-15,17H2,1H3,(H,28,30)/t24-,25+/m0/s1. The first-order valence-corrected chi connectivity index (χ1v) is 12.5. The number of nitrogens with zero attached hydrogens (tertiary/aromatic N) is 1. The number of carbonyl (C=O) groups excluding carboxylic acids is 2. The molecule has 2 aromatic carbocycles.